The molecule has 0 radical (unpaired) electrons. The molecule has 1 nitrogen and oxygen atoms in total. The second-order valence-corrected chi connectivity index (χ2v) is 2.93. The summed E-state index contributed by atoms with van der Waals surface area (Å²) in [5, 5.41) is 0. The van der Waals surface area contributed by atoms with Gasteiger partial charge in [-0.2, -0.15) is 0 Å². The minimum atomic E-state index is 0.915. The van der Waals surface area contributed by atoms with Crippen LogP contribution in [0.1, 0.15) is 27.2 Å². The molecule has 0 aromatic heterocycles. The van der Waals surface area contributed by atoms with Gasteiger partial charge >= 0.3 is 0 Å². The maximum atomic E-state index is 3.93. The summed E-state index contributed by atoms with van der Waals surface area (Å²) in [5.74, 6) is 0. The van der Waals surface area contributed by atoms with Gasteiger partial charge in [0.05, 0.1) is 0 Å². The lowest BCUT2D eigenvalue weighted by molar-refractivity contribution is 1.19. The Balaban J connectivity index is 5.26. The van der Waals surface area contributed by atoms with E-state index in [1.165, 1.54) is 0 Å². The van der Waals surface area contributed by atoms with E-state index >= 15 is 0 Å². The molecule has 0 aliphatic carbocycles. The largest absolute Gasteiger partial charge is 0.269 e. The van der Waals surface area contributed by atoms with Gasteiger partial charge in [0.1, 0.15) is 0 Å². The first-order chi connectivity index (χ1) is 6.71. The van der Waals surface area contributed by atoms with Crippen LogP contribution < -0.4 is 0 Å². The van der Waals surface area contributed by atoms with Crippen molar-refractivity contribution in [3.05, 3.63) is 47.7 Å². The smallest absolute Gasteiger partial charge is 0.0443 e. The minimum Gasteiger partial charge on any atom is -0.269 e. The van der Waals surface area contributed by atoms with E-state index in [2.05, 4.69) is 37.4 Å². The van der Waals surface area contributed by atoms with Gasteiger partial charge in [-0.15, -0.1) is 0 Å². The topological polar surface area (TPSA) is 12.4 Å². The summed E-state index contributed by atoms with van der Waals surface area (Å²) in [7, 11) is 0. The Kier molecular flexibility index (Phi) is 6.38. The Labute approximate surface area is 87.3 Å². The number of hydrogen-bond acceptors (Lipinski definition) is 1. The zero-order valence-electron chi connectivity index (χ0n) is 9.38. The summed E-state index contributed by atoms with van der Waals surface area (Å²) in [4.78, 5) is 3.93. The highest BCUT2D eigenvalue weighted by atomic mass is 14.7. The Morgan fingerprint density at radius 2 is 2.07 bits per heavy atom. The Morgan fingerprint density at radius 1 is 1.43 bits per heavy atom. The molecule has 0 aromatic carbocycles. The van der Waals surface area contributed by atoms with Crippen LogP contribution in [0.25, 0.3) is 0 Å². The van der Waals surface area contributed by atoms with Gasteiger partial charge in [0, 0.05) is 11.3 Å². The van der Waals surface area contributed by atoms with E-state index in [1.807, 2.05) is 26.0 Å². The van der Waals surface area contributed by atoms with Crippen molar-refractivity contribution in [3.63, 3.8) is 0 Å². The quantitative estimate of drug-likeness (QED) is 0.457. The standard InChI is InChI=1S/C13H19N/c1-6-9-12(10-7-2)13(8-3)11(4)14-5/h6,8-10H,3,5,7H2,1-2,4H3/b9-6-,12-10-,13-11-. The van der Waals surface area contributed by atoms with Crippen LogP contribution in [0, 0.1) is 0 Å². The predicted octanol–water partition coefficient (Wildman–Crippen LogP) is 4.06. The van der Waals surface area contributed by atoms with Crippen LogP contribution in [0.3, 0.4) is 0 Å². The van der Waals surface area contributed by atoms with E-state index < -0.39 is 0 Å². The number of rotatable bonds is 5. The molecular formula is C13H19N. The van der Waals surface area contributed by atoms with Crippen LogP contribution in [-0.4, -0.2) is 6.72 Å². The molecule has 1 heteroatoms. The molecule has 0 aromatic rings. The molecule has 14 heavy (non-hydrogen) atoms. The molecular weight excluding hydrogens is 170 g/mol. The number of nitrogens with zero attached hydrogens (tertiary/aromatic N) is 1. The first kappa shape index (κ1) is 12.6. The molecule has 0 unspecified atom stereocenters. The van der Waals surface area contributed by atoms with E-state index in [4.69, 9.17) is 0 Å². The second-order valence-electron chi connectivity index (χ2n) is 2.93. The maximum Gasteiger partial charge on any atom is 0.0443 e. The highest BCUT2D eigenvalue weighted by Gasteiger charge is 2.00. The van der Waals surface area contributed by atoms with Crippen LogP contribution >= 0.6 is 0 Å². The van der Waals surface area contributed by atoms with E-state index in [0.717, 1.165) is 23.3 Å². The summed E-state index contributed by atoms with van der Waals surface area (Å²) < 4.78 is 0. The van der Waals surface area contributed by atoms with E-state index in [9.17, 15) is 0 Å². The predicted molar refractivity (Wildman–Crippen MR) is 65.6 cm³/mol. The molecule has 0 aliphatic rings. The van der Waals surface area contributed by atoms with Gasteiger partial charge in [0.15, 0.2) is 0 Å². The fourth-order valence-corrected chi connectivity index (χ4v) is 1.23. The average molecular weight is 189 g/mol. The Bertz CT molecular complexity index is 290. The van der Waals surface area contributed by atoms with Crippen molar-refractivity contribution in [3.8, 4) is 0 Å². The average Bonchev–Trinajstić information content (AvgIpc) is 2.19. The zero-order valence-corrected chi connectivity index (χ0v) is 9.38. The molecule has 76 valence electrons. The molecule has 0 bridgehead atoms. The summed E-state index contributed by atoms with van der Waals surface area (Å²) in [5.41, 5.74) is 3.13. The third-order valence-electron chi connectivity index (χ3n) is 1.91. The highest BCUT2D eigenvalue weighted by Crippen LogP contribution is 2.18. The van der Waals surface area contributed by atoms with Crippen molar-refractivity contribution < 1.29 is 0 Å². The zero-order chi connectivity index (χ0) is 11.0. The van der Waals surface area contributed by atoms with Crippen molar-refractivity contribution in [2.75, 3.05) is 0 Å². The molecule has 0 aliphatic heterocycles. The number of hydrogen-bond donors (Lipinski definition) is 0. The first-order valence-corrected chi connectivity index (χ1v) is 4.84. The minimum absolute atomic E-state index is 0.915. The van der Waals surface area contributed by atoms with Gasteiger partial charge in [0.25, 0.3) is 0 Å². The second kappa shape index (κ2) is 7.07. The fraction of sp³-hybridized carbons (Fsp3) is 0.308. The van der Waals surface area contributed by atoms with Gasteiger partial charge in [0.2, 0.25) is 0 Å². The molecule has 0 rings (SSSR count). The monoisotopic (exact) mass is 189 g/mol. The van der Waals surface area contributed by atoms with E-state index in [-0.39, 0.29) is 0 Å². The van der Waals surface area contributed by atoms with Crippen molar-refractivity contribution in [2.24, 2.45) is 4.99 Å². The Morgan fingerprint density at radius 3 is 2.43 bits per heavy atom. The summed E-state index contributed by atoms with van der Waals surface area (Å²) in [6, 6.07) is 0. The number of aliphatic imine (C=N–C) groups is 1. The van der Waals surface area contributed by atoms with Crippen LogP contribution in [0.2, 0.25) is 0 Å². The van der Waals surface area contributed by atoms with Crippen molar-refractivity contribution >= 4 is 6.72 Å². The highest BCUT2D eigenvalue weighted by molar-refractivity contribution is 5.49. The third-order valence-corrected chi connectivity index (χ3v) is 1.91. The summed E-state index contributed by atoms with van der Waals surface area (Å²) in [6.07, 6.45) is 9.06. The first-order valence-electron chi connectivity index (χ1n) is 4.84. The Hall–Kier alpha value is -1.37. The van der Waals surface area contributed by atoms with Crippen LogP contribution in [0.4, 0.5) is 0 Å². The number of allylic oxidation sites excluding steroid dienone is 7. The normalized spacial score (nSPS) is 14.1. The van der Waals surface area contributed by atoms with Crippen molar-refractivity contribution in [1.29, 1.82) is 0 Å². The van der Waals surface area contributed by atoms with Crippen LogP contribution in [-0.2, 0) is 0 Å². The molecule has 0 heterocycles. The molecule has 0 fully saturated rings. The lowest BCUT2D eigenvalue weighted by Crippen LogP contribution is -1.87. The molecule has 0 N–H and O–H groups in total. The SMILES string of the molecule is C=CC(/C(/C=C\C)=C\CC)=C(\C)N=C. The van der Waals surface area contributed by atoms with Gasteiger partial charge in [-0.3, -0.25) is 4.99 Å². The van der Waals surface area contributed by atoms with Gasteiger partial charge in [-0.25, -0.2) is 0 Å². The van der Waals surface area contributed by atoms with Gasteiger partial charge in [-0.1, -0.05) is 37.8 Å². The molecule has 0 spiro atoms. The summed E-state index contributed by atoms with van der Waals surface area (Å²) in [6.45, 7) is 13.4. The van der Waals surface area contributed by atoms with Crippen LogP contribution in [0.15, 0.2) is 52.7 Å². The van der Waals surface area contributed by atoms with E-state index in [0.29, 0.717) is 0 Å². The molecule has 0 atom stereocenters. The molecule has 0 saturated carbocycles. The van der Waals surface area contributed by atoms with Crippen molar-refractivity contribution in [2.45, 2.75) is 27.2 Å². The molecule has 0 amide bonds. The fourth-order valence-electron chi connectivity index (χ4n) is 1.23. The summed E-state index contributed by atoms with van der Waals surface area (Å²) >= 11 is 0. The van der Waals surface area contributed by atoms with Crippen molar-refractivity contribution in [1.82, 2.24) is 0 Å². The molecule has 0 saturated heterocycles. The third kappa shape index (κ3) is 3.56. The van der Waals surface area contributed by atoms with E-state index in [1.54, 1.807) is 0 Å². The maximum absolute atomic E-state index is 3.93. The van der Waals surface area contributed by atoms with Crippen LogP contribution in [0.5, 0.6) is 0 Å². The van der Waals surface area contributed by atoms with Gasteiger partial charge in [-0.05, 0) is 32.6 Å². The van der Waals surface area contributed by atoms with Gasteiger partial charge < -0.3 is 0 Å². The lowest BCUT2D eigenvalue weighted by atomic mass is 10.0. The lowest BCUT2D eigenvalue weighted by Gasteiger charge is -2.05.